The molecule has 0 unspecified atom stereocenters. The van der Waals surface area contributed by atoms with Gasteiger partial charge in [0.2, 0.25) is 0 Å². The van der Waals surface area contributed by atoms with Gasteiger partial charge in [0.05, 0.1) is 13.2 Å². The highest BCUT2D eigenvalue weighted by molar-refractivity contribution is 5.61. The lowest BCUT2D eigenvalue weighted by Gasteiger charge is -2.30. The second-order valence-corrected chi connectivity index (χ2v) is 11.1. The molecule has 7 heteroatoms. The summed E-state index contributed by atoms with van der Waals surface area (Å²) < 4.78 is 5.84. The minimum absolute atomic E-state index is 0.0284. The Morgan fingerprint density at radius 2 is 1.60 bits per heavy atom. The van der Waals surface area contributed by atoms with Crippen LogP contribution in [0.4, 0.5) is 5.69 Å². The first-order chi connectivity index (χ1) is 19.1. The number of allylic oxidation sites excluding steroid dienone is 8. The normalized spacial score (nSPS) is 18.8. The highest BCUT2D eigenvalue weighted by atomic mass is 16.5. The molecule has 0 aromatic heterocycles. The molecule has 0 spiro atoms. The molecular formula is C33H36N4O3. The standard InChI is InChI=1S/C33H36N4O3/c1-32(2)19-25(6-5-7-30-29(23-36)31(27(21-34)22-35)40-33(30,3)4)18-26(20-32)9-8-24-10-12-28(13-11-24)37(14-16-38)15-17-39/h5-13,18,38-39H,14-17,19-20H2,1-4H3/b7-5+,9-8+,25-6+. The monoisotopic (exact) mass is 536 g/mol. The zero-order valence-electron chi connectivity index (χ0n) is 23.6. The van der Waals surface area contributed by atoms with Crippen LogP contribution in [0.2, 0.25) is 0 Å². The summed E-state index contributed by atoms with van der Waals surface area (Å²) in [5.41, 5.74) is 4.25. The van der Waals surface area contributed by atoms with Crippen molar-refractivity contribution in [2.75, 3.05) is 31.2 Å². The predicted octanol–water partition coefficient (Wildman–Crippen LogP) is 5.65. The Hall–Kier alpha value is -4.35. The van der Waals surface area contributed by atoms with Gasteiger partial charge in [-0.1, -0.05) is 62.4 Å². The minimum Gasteiger partial charge on any atom is -0.480 e. The van der Waals surface area contributed by atoms with E-state index in [2.05, 4.69) is 38.1 Å². The maximum atomic E-state index is 9.74. The van der Waals surface area contributed by atoms with Gasteiger partial charge in [-0.05, 0) is 60.9 Å². The molecule has 0 radical (unpaired) electrons. The van der Waals surface area contributed by atoms with E-state index in [0.717, 1.165) is 29.7 Å². The van der Waals surface area contributed by atoms with Crippen LogP contribution in [-0.2, 0) is 4.74 Å². The van der Waals surface area contributed by atoms with Crippen LogP contribution >= 0.6 is 0 Å². The molecule has 0 fully saturated rings. The molecule has 40 heavy (non-hydrogen) atoms. The zero-order valence-corrected chi connectivity index (χ0v) is 23.6. The number of benzene rings is 1. The molecule has 1 heterocycles. The summed E-state index contributed by atoms with van der Waals surface area (Å²) in [4.78, 5) is 1.95. The summed E-state index contributed by atoms with van der Waals surface area (Å²) >= 11 is 0. The molecule has 1 aliphatic heterocycles. The molecule has 1 aromatic rings. The number of hydrogen-bond donors (Lipinski definition) is 2. The molecule has 2 N–H and O–H groups in total. The van der Waals surface area contributed by atoms with Crippen molar-refractivity contribution in [1.82, 2.24) is 0 Å². The Balaban J connectivity index is 1.85. The average molecular weight is 537 g/mol. The lowest BCUT2D eigenvalue weighted by Crippen LogP contribution is -2.29. The topological polar surface area (TPSA) is 124 Å². The molecule has 2 aliphatic rings. The van der Waals surface area contributed by atoms with Crippen LogP contribution in [0.25, 0.3) is 6.08 Å². The van der Waals surface area contributed by atoms with E-state index >= 15 is 0 Å². The fraction of sp³-hybridized carbons (Fsp3) is 0.364. The van der Waals surface area contributed by atoms with Gasteiger partial charge in [0, 0.05) is 24.4 Å². The summed E-state index contributed by atoms with van der Waals surface area (Å²) in [6, 6.07) is 13.8. The molecule has 0 saturated heterocycles. The lowest BCUT2D eigenvalue weighted by atomic mass is 9.75. The first-order valence-corrected chi connectivity index (χ1v) is 13.3. The second-order valence-electron chi connectivity index (χ2n) is 11.1. The lowest BCUT2D eigenvalue weighted by molar-refractivity contribution is 0.0954. The Labute approximate surface area is 237 Å². The first kappa shape index (κ1) is 30.2. The third-order valence-electron chi connectivity index (χ3n) is 6.86. The van der Waals surface area contributed by atoms with E-state index in [1.54, 1.807) is 0 Å². The number of hydrogen-bond acceptors (Lipinski definition) is 7. The molecule has 0 atom stereocenters. The molecule has 1 aliphatic carbocycles. The molecule has 7 nitrogen and oxygen atoms in total. The van der Waals surface area contributed by atoms with Gasteiger partial charge in [-0.15, -0.1) is 0 Å². The molecule has 0 bridgehead atoms. The fourth-order valence-corrected chi connectivity index (χ4v) is 5.08. The Bertz CT molecular complexity index is 1390. The van der Waals surface area contributed by atoms with Gasteiger partial charge in [0.15, 0.2) is 11.3 Å². The molecule has 1 aromatic carbocycles. The average Bonchev–Trinajstić information content (AvgIpc) is 3.16. The quantitative estimate of drug-likeness (QED) is 0.391. The van der Waals surface area contributed by atoms with Crippen LogP contribution in [0.3, 0.4) is 0 Å². The third kappa shape index (κ3) is 7.39. The maximum absolute atomic E-state index is 9.74. The van der Waals surface area contributed by atoms with Crippen LogP contribution in [-0.4, -0.2) is 42.1 Å². The largest absolute Gasteiger partial charge is 0.480 e. The smallest absolute Gasteiger partial charge is 0.172 e. The van der Waals surface area contributed by atoms with Crippen molar-refractivity contribution in [1.29, 1.82) is 15.8 Å². The highest BCUT2D eigenvalue weighted by Gasteiger charge is 2.38. The molecular weight excluding hydrogens is 500 g/mol. The molecule has 3 rings (SSSR count). The number of anilines is 1. The maximum Gasteiger partial charge on any atom is 0.172 e. The van der Waals surface area contributed by atoms with E-state index in [0.29, 0.717) is 18.7 Å². The van der Waals surface area contributed by atoms with Crippen molar-refractivity contribution in [3.63, 3.8) is 0 Å². The van der Waals surface area contributed by atoms with Crippen molar-refractivity contribution in [3.05, 3.63) is 93.8 Å². The summed E-state index contributed by atoms with van der Waals surface area (Å²) in [6.07, 6.45) is 14.0. The van der Waals surface area contributed by atoms with Gasteiger partial charge in [-0.25, -0.2) is 0 Å². The van der Waals surface area contributed by atoms with Crippen LogP contribution in [0.5, 0.6) is 0 Å². The molecule has 0 saturated carbocycles. The van der Waals surface area contributed by atoms with Gasteiger partial charge in [0.25, 0.3) is 0 Å². The summed E-state index contributed by atoms with van der Waals surface area (Å²) in [5, 5.41) is 46.8. The Morgan fingerprint density at radius 3 is 2.17 bits per heavy atom. The van der Waals surface area contributed by atoms with Gasteiger partial charge in [-0.2, -0.15) is 15.8 Å². The van der Waals surface area contributed by atoms with Crippen LogP contribution in [0, 0.1) is 39.4 Å². The number of aliphatic hydroxyl groups excluding tert-OH is 2. The fourth-order valence-electron chi connectivity index (χ4n) is 5.08. The van der Waals surface area contributed by atoms with Crippen molar-refractivity contribution in [3.8, 4) is 18.2 Å². The van der Waals surface area contributed by atoms with Gasteiger partial charge >= 0.3 is 0 Å². The van der Waals surface area contributed by atoms with Gasteiger partial charge in [-0.3, -0.25) is 0 Å². The summed E-state index contributed by atoms with van der Waals surface area (Å²) in [7, 11) is 0. The summed E-state index contributed by atoms with van der Waals surface area (Å²) in [6.45, 7) is 9.10. The molecule has 206 valence electrons. The number of rotatable bonds is 9. The van der Waals surface area contributed by atoms with E-state index in [4.69, 9.17) is 4.74 Å². The van der Waals surface area contributed by atoms with E-state index < -0.39 is 5.60 Å². The van der Waals surface area contributed by atoms with Gasteiger partial charge in [0.1, 0.15) is 29.4 Å². The van der Waals surface area contributed by atoms with Crippen molar-refractivity contribution < 1.29 is 14.9 Å². The molecule has 0 amide bonds. The Kier molecular flexibility index (Phi) is 9.92. The van der Waals surface area contributed by atoms with E-state index in [1.807, 2.05) is 73.4 Å². The summed E-state index contributed by atoms with van der Waals surface area (Å²) in [5.74, 6) is 0.0402. The van der Waals surface area contributed by atoms with Gasteiger partial charge < -0.3 is 19.8 Å². The van der Waals surface area contributed by atoms with E-state index in [-0.39, 0.29) is 35.5 Å². The SMILES string of the molecule is CC1(C)CC(/C=C/c2ccc(N(CCO)CCO)cc2)=CC(=C\C=C\C2=C(C#N)C(=C(C#N)C#N)OC2(C)C)/C1. The zero-order chi connectivity index (χ0) is 29.3. The van der Waals surface area contributed by atoms with Crippen molar-refractivity contribution >= 4 is 11.8 Å². The number of aliphatic hydroxyl groups is 2. The Morgan fingerprint density at radius 1 is 0.950 bits per heavy atom. The van der Waals surface area contributed by atoms with Crippen LogP contribution < -0.4 is 4.90 Å². The second kappa shape index (κ2) is 13.1. The highest BCUT2D eigenvalue weighted by Crippen LogP contribution is 2.41. The third-order valence-corrected chi connectivity index (χ3v) is 6.86. The number of nitriles is 3. The predicted molar refractivity (Wildman–Crippen MR) is 156 cm³/mol. The number of ether oxygens (including phenoxy) is 1. The van der Waals surface area contributed by atoms with Crippen LogP contribution in [0.1, 0.15) is 46.1 Å². The minimum atomic E-state index is -0.841. The van der Waals surface area contributed by atoms with Crippen LogP contribution in [0.15, 0.2) is 88.3 Å². The van der Waals surface area contributed by atoms with E-state index in [9.17, 15) is 26.0 Å². The van der Waals surface area contributed by atoms with Crippen molar-refractivity contribution in [2.45, 2.75) is 46.1 Å². The van der Waals surface area contributed by atoms with Crippen molar-refractivity contribution in [2.24, 2.45) is 5.41 Å². The first-order valence-electron chi connectivity index (χ1n) is 13.3. The van der Waals surface area contributed by atoms with E-state index in [1.165, 1.54) is 5.57 Å². The number of nitrogens with zero attached hydrogens (tertiary/aromatic N) is 4.